The molecule has 0 aliphatic heterocycles. The topological polar surface area (TPSA) is 38.9 Å². The van der Waals surface area contributed by atoms with Crippen LogP contribution in [0.4, 0.5) is 5.69 Å². The van der Waals surface area contributed by atoms with Crippen LogP contribution in [-0.2, 0) is 0 Å². The van der Waals surface area contributed by atoms with Crippen LogP contribution < -0.4 is 5.73 Å². The molecular formula is C9H6BrClN2. The molecule has 0 saturated carbocycles. The van der Waals surface area contributed by atoms with Crippen LogP contribution >= 0.6 is 27.5 Å². The first-order valence-electron chi connectivity index (χ1n) is 3.68. The van der Waals surface area contributed by atoms with Crippen molar-refractivity contribution >= 4 is 44.1 Å². The summed E-state index contributed by atoms with van der Waals surface area (Å²) >= 11 is 9.13. The van der Waals surface area contributed by atoms with Crippen molar-refractivity contribution in [2.75, 3.05) is 5.73 Å². The number of benzene rings is 1. The molecule has 2 N–H and O–H groups in total. The standard InChI is InChI=1S/C9H6BrClN2/c10-5-1-2-8-6(3-5)7(12)4-9(11)13-8/h1-4H,(H2,12,13). The highest BCUT2D eigenvalue weighted by Crippen LogP contribution is 2.25. The van der Waals surface area contributed by atoms with Crippen molar-refractivity contribution < 1.29 is 0 Å². The SMILES string of the molecule is Nc1cc(Cl)nc2ccc(Br)cc12. The molecule has 66 valence electrons. The molecule has 2 nitrogen and oxygen atoms in total. The quantitative estimate of drug-likeness (QED) is 0.736. The molecule has 0 unspecified atom stereocenters. The molecule has 2 rings (SSSR count). The lowest BCUT2D eigenvalue weighted by atomic mass is 10.2. The third-order valence-electron chi connectivity index (χ3n) is 1.77. The molecule has 0 radical (unpaired) electrons. The number of halogens is 2. The van der Waals surface area contributed by atoms with Crippen LogP contribution in [0.15, 0.2) is 28.7 Å². The highest BCUT2D eigenvalue weighted by atomic mass is 79.9. The minimum atomic E-state index is 0.423. The van der Waals surface area contributed by atoms with Crippen molar-refractivity contribution in [3.8, 4) is 0 Å². The van der Waals surface area contributed by atoms with Crippen molar-refractivity contribution in [3.05, 3.63) is 33.9 Å². The van der Waals surface area contributed by atoms with Gasteiger partial charge in [0.2, 0.25) is 0 Å². The maximum absolute atomic E-state index is 5.78. The van der Waals surface area contributed by atoms with Crippen LogP contribution in [0.25, 0.3) is 10.9 Å². The van der Waals surface area contributed by atoms with Gasteiger partial charge in [-0.15, -0.1) is 0 Å². The predicted molar refractivity (Wildman–Crippen MR) is 58.9 cm³/mol. The first-order valence-corrected chi connectivity index (χ1v) is 4.85. The summed E-state index contributed by atoms with van der Waals surface area (Å²) in [6, 6.07) is 7.36. The Bertz CT molecular complexity index is 470. The smallest absolute Gasteiger partial charge is 0.131 e. The predicted octanol–water partition coefficient (Wildman–Crippen LogP) is 3.23. The number of nitrogen functional groups attached to an aromatic ring is 1. The van der Waals surface area contributed by atoms with E-state index in [4.69, 9.17) is 17.3 Å². The zero-order chi connectivity index (χ0) is 9.42. The van der Waals surface area contributed by atoms with E-state index in [9.17, 15) is 0 Å². The lowest BCUT2D eigenvalue weighted by Gasteiger charge is -2.02. The van der Waals surface area contributed by atoms with Gasteiger partial charge in [-0.2, -0.15) is 0 Å². The first-order chi connectivity index (χ1) is 6.16. The summed E-state index contributed by atoms with van der Waals surface area (Å²) in [5, 5.41) is 1.34. The molecule has 4 heteroatoms. The number of nitrogens with two attached hydrogens (primary N) is 1. The minimum absolute atomic E-state index is 0.423. The highest BCUT2D eigenvalue weighted by molar-refractivity contribution is 9.10. The fraction of sp³-hybridized carbons (Fsp3) is 0. The highest BCUT2D eigenvalue weighted by Gasteiger charge is 2.01. The normalized spacial score (nSPS) is 10.6. The number of nitrogens with zero attached hydrogens (tertiary/aromatic N) is 1. The number of hydrogen-bond donors (Lipinski definition) is 1. The van der Waals surface area contributed by atoms with Gasteiger partial charge in [-0.3, -0.25) is 0 Å². The monoisotopic (exact) mass is 256 g/mol. The molecule has 0 aliphatic carbocycles. The second-order valence-corrected chi connectivity index (χ2v) is 4.00. The van der Waals surface area contributed by atoms with Crippen molar-refractivity contribution in [1.29, 1.82) is 0 Å². The van der Waals surface area contributed by atoms with E-state index >= 15 is 0 Å². The maximum Gasteiger partial charge on any atom is 0.131 e. The Morgan fingerprint density at radius 1 is 1.31 bits per heavy atom. The molecule has 0 spiro atoms. The van der Waals surface area contributed by atoms with E-state index in [1.165, 1.54) is 0 Å². The van der Waals surface area contributed by atoms with Crippen LogP contribution in [-0.4, -0.2) is 4.98 Å². The second-order valence-electron chi connectivity index (χ2n) is 2.70. The summed E-state index contributed by atoms with van der Waals surface area (Å²) in [4.78, 5) is 4.14. The lowest BCUT2D eigenvalue weighted by Crippen LogP contribution is -1.89. The Kier molecular flexibility index (Phi) is 2.14. The molecule has 1 aromatic carbocycles. The molecule has 1 heterocycles. The van der Waals surface area contributed by atoms with Gasteiger partial charge in [0, 0.05) is 15.5 Å². The number of pyridine rings is 1. The zero-order valence-electron chi connectivity index (χ0n) is 6.59. The molecule has 0 saturated heterocycles. The molecule has 1 aromatic heterocycles. The Labute approximate surface area is 88.8 Å². The van der Waals surface area contributed by atoms with Gasteiger partial charge in [-0.1, -0.05) is 27.5 Å². The molecule has 13 heavy (non-hydrogen) atoms. The number of rotatable bonds is 0. The third kappa shape index (κ3) is 1.62. The van der Waals surface area contributed by atoms with Gasteiger partial charge >= 0.3 is 0 Å². The van der Waals surface area contributed by atoms with E-state index in [2.05, 4.69) is 20.9 Å². The van der Waals surface area contributed by atoms with Gasteiger partial charge in [-0.05, 0) is 24.3 Å². The largest absolute Gasteiger partial charge is 0.398 e. The van der Waals surface area contributed by atoms with Crippen LogP contribution in [0.5, 0.6) is 0 Å². The van der Waals surface area contributed by atoms with Crippen LogP contribution in [0.2, 0.25) is 5.15 Å². The summed E-state index contributed by atoms with van der Waals surface area (Å²) in [6.45, 7) is 0. The summed E-state index contributed by atoms with van der Waals surface area (Å²) in [6.07, 6.45) is 0. The number of aromatic nitrogens is 1. The molecule has 0 atom stereocenters. The Hall–Kier alpha value is -0.800. The van der Waals surface area contributed by atoms with Gasteiger partial charge in [0.1, 0.15) is 5.15 Å². The van der Waals surface area contributed by atoms with Crippen molar-refractivity contribution in [3.63, 3.8) is 0 Å². The van der Waals surface area contributed by atoms with Gasteiger partial charge in [0.25, 0.3) is 0 Å². The van der Waals surface area contributed by atoms with Gasteiger partial charge in [0.15, 0.2) is 0 Å². The molecule has 0 aliphatic rings. The maximum atomic E-state index is 5.78. The Balaban J connectivity index is 2.87. The average molecular weight is 258 g/mol. The van der Waals surface area contributed by atoms with Gasteiger partial charge in [0.05, 0.1) is 5.52 Å². The number of anilines is 1. The Morgan fingerprint density at radius 2 is 2.08 bits per heavy atom. The van der Waals surface area contributed by atoms with E-state index < -0.39 is 0 Å². The van der Waals surface area contributed by atoms with Gasteiger partial charge in [-0.25, -0.2) is 4.98 Å². The third-order valence-corrected chi connectivity index (χ3v) is 2.46. The van der Waals surface area contributed by atoms with Crippen LogP contribution in [0.1, 0.15) is 0 Å². The first kappa shape index (κ1) is 8.78. The molecule has 0 fully saturated rings. The second kappa shape index (κ2) is 3.16. The number of hydrogen-bond acceptors (Lipinski definition) is 2. The fourth-order valence-electron chi connectivity index (χ4n) is 1.19. The van der Waals surface area contributed by atoms with Crippen molar-refractivity contribution in [1.82, 2.24) is 4.98 Å². The minimum Gasteiger partial charge on any atom is -0.398 e. The number of fused-ring (bicyclic) bond motifs is 1. The van der Waals surface area contributed by atoms with Crippen LogP contribution in [0, 0.1) is 0 Å². The van der Waals surface area contributed by atoms with Crippen molar-refractivity contribution in [2.45, 2.75) is 0 Å². The summed E-state index contributed by atoms with van der Waals surface area (Å²) < 4.78 is 0.982. The average Bonchev–Trinajstić information content (AvgIpc) is 2.06. The molecule has 2 aromatic rings. The van der Waals surface area contributed by atoms with Crippen molar-refractivity contribution in [2.24, 2.45) is 0 Å². The Morgan fingerprint density at radius 3 is 2.85 bits per heavy atom. The molecule has 0 amide bonds. The van der Waals surface area contributed by atoms with Crippen LogP contribution in [0.3, 0.4) is 0 Å². The van der Waals surface area contributed by atoms with Gasteiger partial charge < -0.3 is 5.73 Å². The summed E-state index contributed by atoms with van der Waals surface area (Å²) in [7, 11) is 0. The zero-order valence-corrected chi connectivity index (χ0v) is 8.93. The molecule has 0 bridgehead atoms. The van der Waals surface area contributed by atoms with E-state index in [1.54, 1.807) is 6.07 Å². The van der Waals surface area contributed by atoms with E-state index in [-0.39, 0.29) is 0 Å². The summed E-state index contributed by atoms with van der Waals surface area (Å²) in [5.74, 6) is 0. The van der Waals surface area contributed by atoms with E-state index in [1.807, 2.05) is 18.2 Å². The van der Waals surface area contributed by atoms with E-state index in [0.29, 0.717) is 10.8 Å². The fourth-order valence-corrected chi connectivity index (χ4v) is 1.76. The molecular weight excluding hydrogens is 251 g/mol. The lowest BCUT2D eigenvalue weighted by molar-refractivity contribution is 1.41. The van der Waals surface area contributed by atoms with E-state index in [0.717, 1.165) is 15.4 Å². The summed E-state index contributed by atoms with van der Waals surface area (Å²) in [5.41, 5.74) is 7.24.